The minimum atomic E-state index is -3.54. The minimum absolute atomic E-state index is 0.0382. The van der Waals surface area contributed by atoms with E-state index in [1.807, 2.05) is 13.8 Å². The van der Waals surface area contributed by atoms with E-state index in [2.05, 4.69) is 11.6 Å². The second kappa shape index (κ2) is 6.49. The van der Waals surface area contributed by atoms with E-state index in [0.29, 0.717) is 15.5 Å². The first-order valence-corrected chi connectivity index (χ1v) is 11.9. The van der Waals surface area contributed by atoms with Crippen LogP contribution in [0.4, 0.5) is 0 Å². The van der Waals surface area contributed by atoms with Gasteiger partial charge in [-0.25, -0.2) is 13.1 Å². The summed E-state index contributed by atoms with van der Waals surface area (Å²) in [5, 5.41) is 0.620. The average molecular weight is 396 g/mol. The molecule has 4 bridgehead atoms. The SMILES string of the molecule is CCC(NS(=O)(=O)c1cc(C)c(Cl)cc1C)C12CC3CC(CC(C3)C1)C2. The number of sulfonamides is 1. The van der Waals surface area contributed by atoms with Crippen molar-refractivity contribution in [3.63, 3.8) is 0 Å². The molecule has 1 aromatic carbocycles. The Labute approximate surface area is 163 Å². The second-order valence-corrected chi connectivity index (χ2v) is 11.3. The zero-order chi connectivity index (χ0) is 18.7. The summed E-state index contributed by atoms with van der Waals surface area (Å²) in [6.45, 7) is 5.81. The molecule has 4 aliphatic carbocycles. The highest BCUT2D eigenvalue weighted by Gasteiger charge is 2.54. The van der Waals surface area contributed by atoms with Gasteiger partial charge in [0.05, 0.1) is 4.90 Å². The maximum atomic E-state index is 13.2. The maximum Gasteiger partial charge on any atom is 0.241 e. The van der Waals surface area contributed by atoms with Crippen molar-refractivity contribution in [1.29, 1.82) is 0 Å². The van der Waals surface area contributed by atoms with Crippen LogP contribution < -0.4 is 4.72 Å². The van der Waals surface area contributed by atoms with Gasteiger partial charge in [-0.05, 0) is 105 Å². The number of hydrogen-bond donors (Lipinski definition) is 1. The molecular formula is C21H30ClNO2S. The normalized spacial score (nSPS) is 34.2. The van der Waals surface area contributed by atoms with Gasteiger partial charge < -0.3 is 0 Å². The molecule has 0 radical (unpaired) electrons. The summed E-state index contributed by atoms with van der Waals surface area (Å²) < 4.78 is 29.6. The van der Waals surface area contributed by atoms with E-state index in [1.165, 1.54) is 38.5 Å². The summed E-state index contributed by atoms with van der Waals surface area (Å²) >= 11 is 6.16. The predicted molar refractivity (Wildman–Crippen MR) is 106 cm³/mol. The minimum Gasteiger partial charge on any atom is -0.208 e. The van der Waals surface area contributed by atoms with Gasteiger partial charge in [0.2, 0.25) is 10.0 Å². The number of halogens is 1. The molecule has 0 heterocycles. The van der Waals surface area contributed by atoms with Crippen LogP contribution in [0.15, 0.2) is 17.0 Å². The lowest BCUT2D eigenvalue weighted by Gasteiger charge is -2.59. The fourth-order valence-electron chi connectivity index (χ4n) is 6.54. The van der Waals surface area contributed by atoms with Crippen molar-refractivity contribution in [2.75, 3.05) is 0 Å². The van der Waals surface area contributed by atoms with Crippen molar-refractivity contribution in [1.82, 2.24) is 4.72 Å². The number of benzene rings is 1. The van der Waals surface area contributed by atoms with Crippen molar-refractivity contribution in [3.8, 4) is 0 Å². The molecule has 3 nitrogen and oxygen atoms in total. The Kier molecular flexibility index (Phi) is 4.69. The van der Waals surface area contributed by atoms with Gasteiger partial charge in [-0.1, -0.05) is 18.5 Å². The molecule has 0 spiro atoms. The van der Waals surface area contributed by atoms with Gasteiger partial charge in [-0.2, -0.15) is 0 Å². The molecule has 4 aliphatic rings. The Balaban J connectivity index is 1.63. The molecule has 0 aliphatic heterocycles. The van der Waals surface area contributed by atoms with Crippen LogP contribution in [0, 0.1) is 37.0 Å². The van der Waals surface area contributed by atoms with E-state index in [9.17, 15) is 8.42 Å². The van der Waals surface area contributed by atoms with E-state index < -0.39 is 10.0 Å². The van der Waals surface area contributed by atoms with Gasteiger partial charge in [0, 0.05) is 11.1 Å². The molecule has 4 fully saturated rings. The molecule has 1 N–H and O–H groups in total. The fraction of sp³-hybridized carbons (Fsp3) is 0.714. The van der Waals surface area contributed by atoms with Gasteiger partial charge in [0.1, 0.15) is 0 Å². The highest BCUT2D eigenvalue weighted by Crippen LogP contribution is 2.61. The lowest BCUT2D eigenvalue weighted by molar-refractivity contribution is -0.0704. The van der Waals surface area contributed by atoms with Crippen molar-refractivity contribution in [2.45, 2.75) is 76.7 Å². The van der Waals surface area contributed by atoms with Crippen LogP contribution in [-0.2, 0) is 10.0 Å². The first-order chi connectivity index (χ1) is 12.2. The van der Waals surface area contributed by atoms with Crippen LogP contribution in [0.3, 0.4) is 0 Å². The van der Waals surface area contributed by atoms with Crippen LogP contribution in [0.1, 0.15) is 63.0 Å². The maximum absolute atomic E-state index is 13.2. The first-order valence-electron chi connectivity index (χ1n) is 10.0. The number of aryl methyl sites for hydroxylation is 2. The monoisotopic (exact) mass is 395 g/mol. The molecule has 0 saturated heterocycles. The van der Waals surface area contributed by atoms with Crippen LogP contribution in [0.2, 0.25) is 5.02 Å². The van der Waals surface area contributed by atoms with Crippen molar-refractivity contribution in [3.05, 3.63) is 28.3 Å². The molecule has 26 heavy (non-hydrogen) atoms. The van der Waals surface area contributed by atoms with Crippen LogP contribution >= 0.6 is 11.6 Å². The van der Waals surface area contributed by atoms with Crippen molar-refractivity contribution in [2.24, 2.45) is 23.2 Å². The summed E-state index contributed by atoms with van der Waals surface area (Å²) in [6, 6.07) is 3.51. The first kappa shape index (κ1) is 18.8. The van der Waals surface area contributed by atoms with Gasteiger partial charge in [-0.3, -0.25) is 0 Å². The zero-order valence-electron chi connectivity index (χ0n) is 16.0. The standard InChI is InChI=1S/C21H30ClNO2S/c1-4-20(21-10-15-7-16(11-21)9-17(8-15)12-21)23-26(24,25)19-6-13(2)18(22)5-14(19)3/h5-6,15-17,20,23H,4,7-12H2,1-3H3. The molecule has 5 heteroatoms. The summed E-state index contributed by atoms with van der Waals surface area (Å²) in [5.41, 5.74) is 1.69. The fourth-order valence-corrected chi connectivity index (χ4v) is 8.49. The predicted octanol–water partition coefficient (Wildman–Crippen LogP) is 5.23. The summed E-state index contributed by atoms with van der Waals surface area (Å²) in [7, 11) is -3.54. The Morgan fingerprint density at radius 1 is 1.08 bits per heavy atom. The molecule has 4 saturated carbocycles. The van der Waals surface area contributed by atoms with Crippen LogP contribution in [0.25, 0.3) is 0 Å². The lowest BCUT2D eigenvalue weighted by Crippen LogP contribution is -2.56. The quantitative estimate of drug-likeness (QED) is 0.741. The third-order valence-corrected chi connectivity index (χ3v) is 9.30. The zero-order valence-corrected chi connectivity index (χ0v) is 17.6. The van der Waals surface area contributed by atoms with Crippen LogP contribution in [-0.4, -0.2) is 14.5 Å². The third kappa shape index (κ3) is 3.12. The average Bonchev–Trinajstić information content (AvgIpc) is 2.54. The van der Waals surface area contributed by atoms with Gasteiger partial charge in [-0.15, -0.1) is 0 Å². The summed E-state index contributed by atoms with van der Waals surface area (Å²) in [6.07, 6.45) is 8.60. The smallest absolute Gasteiger partial charge is 0.208 e. The molecule has 0 aromatic heterocycles. The van der Waals surface area contributed by atoms with Gasteiger partial charge in [0.15, 0.2) is 0 Å². The molecule has 1 aromatic rings. The lowest BCUT2D eigenvalue weighted by atomic mass is 9.47. The topological polar surface area (TPSA) is 46.2 Å². The molecule has 5 rings (SSSR count). The van der Waals surface area contributed by atoms with E-state index in [-0.39, 0.29) is 11.5 Å². The second-order valence-electron chi connectivity index (χ2n) is 9.23. The third-order valence-electron chi connectivity index (χ3n) is 7.28. The molecular weight excluding hydrogens is 366 g/mol. The molecule has 1 unspecified atom stereocenters. The van der Waals surface area contributed by atoms with Crippen molar-refractivity contribution < 1.29 is 8.42 Å². The van der Waals surface area contributed by atoms with Gasteiger partial charge in [0.25, 0.3) is 0 Å². The number of hydrogen-bond acceptors (Lipinski definition) is 2. The van der Waals surface area contributed by atoms with Gasteiger partial charge >= 0.3 is 0 Å². The molecule has 0 amide bonds. The summed E-state index contributed by atoms with van der Waals surface area (Å²) in [4.78, 5) is 0.377. The highest BCUT2D eigenvalue weighted by atomic mass is 35.5. The Morgan fingerprint density at radius 3 is 2.12 bits per heavy atom. The van der Waals surface area contributed by atoms with E-state index in [1.54, 1.807) is 12.1 Å². The van der Waals surface area contributed by atoms with Crippen molar-refractivity contribution >= 4 is 21.6 Å². The molecule has 1 atom stereocenters. The Bertz CT molecular complexity index is 782. The summed E-state index contributed by atoms with van der Waals surface area (Å²) in [5.74, 6) is 2.46. The molecule has 144 valence electrons. The van der Waals surface area contributed by atoms with Crippen LogP contribution in [0.5, 0.6) is 0 Å². The highest BCUT2D eigenvalue weighted by molar-refractivity contribution is 7.89. The Morgan fingerprint density at radius 2 is 1.62 bits per heavy atom. The largest absolute Gasteiger partial charge is 0.241 e. The van der Waals surface area contributed by atoms with E-state index in [4.69, 9.17) is 11.6 Å². The Hall–Kier alpha value is -0.580. The number of rotatable bonds is 5. The van der Waals surface area contributed by atoms with E-state index in [0.717, 1.165) is 29.7 Å². The van der Waals surface area contributed by atoms with E-state index >= 15 is 0 Å². The number of nitrogens with one attached hydrogen (secondary N) is 1.